The van der Waals surface area contributed by atoms with Gasteiger partial charge in [-0.25, -0.2) is 4.39 Å². The molecule has 0 aliphatic rings. The summed E-state index contributed by atoms with van der Waals surface area (Å²) in [6, 6.07) is 5.51. The summed E-state index contributed by atoms with van der Waals surface area (Å²) in [6.07, 6.45) is 0. The van der Waals surface area contributed by atoms with E-state index in [1.807, 2.05) is 0 Å². The molecule has 16 heavy (non-hydrogen) atoms. The fourth-order valence-electron chi connectivity index (χ4n) is 1.20. The van der Waals surface area contributed by atoms with Crippen LogP contribution in [0.25, 0.3) is 0 Å². The Balaban J connectivity index is 2.95. The third-order valence-electron chi connectivity index (χ3n) is 2.67. The van der Waals surface area contributed by atoms with Crippen LogP contribution in [0.15, 0.2) is 24.3 Å². The number of halogens is 1. The fourth-order valence-corrected chi connectivity index (χ4v) is 1.20. The van der Waals surface area contributed by atoms with E-state index in [0.29, 0.717) is 0 Å². The summed E-state index contributed by atoms with van der Waals surface area (Å²) < 4.78 is 12.9. The molecule has 0 unspecified atom stereocenters. The molecule has 1 aromatic carbocycles. The van der Waals surface area contributed by atoms with E-state index in [1.54, 1.807) is 27.0 Å². The second-order valence-electron chi connectivity index (χ2n) is 4.35. The van der Waals surface area contributed by atoms with E-state index in [1.165, 1.54) is 23.1 Å². The van der Waals surface area contributed by atoms with Crippen molar-refractivity contribution in [3.63, 3.8) is 0 Å². The predicted octanol–water partition coefficient (Wildman–Crippen LogP) is 1.67. The van der Waals surface area contributed by atoms with Crippen LogP contribution in [0.3, 0.4) is 0 Å². The summed E-state index contributed by atoms with van der Waals surface area (Å²) in [4.78, 5) is 13.4. The minimum Gasteiger partial charge on any atom is -0.394 e. The lowest BCUT2D eigenvalue weighted by Gasteiger charge is -2.34. The van der Waals surface area contributed by atoms with Gasteiger partial charge in [-0.2, -0.15) is 0 Å². The summed E-state index contributed by atoms with van der Waals surface area (Å²) in [7, 11) is 1.59. The van der Waals surface area contributed by atoms with Gasteiger partial charge >= 0.3 is 0 Å². The van der Waals surface area contributed by atoms with E-state index >= 15 is 0 Å². The normalized spacial score (nSPS) is 11.3. The highest BCUT2D eigenvalue weighted by atomic mass is 19.1. The first kappa shape index (κ1) is 12.6. The molecule has 0 aliphatic heterocycles. The maximum atomic E-state index is 12.9. The van der Waals surface area contributed by atoms with Crippen molar-refractivity contribution in [2.45, 2.75) is 19.4 Å². The zero-order valence-electron chi connectivity index (χ0n) is 9.70. The molecular weight excluding hydrogens is 209 g/mol. The van der Waals surface area contributed by atoms with Crippen molar-refractivity contribution in [1.29, 1.82) is 0 Å². The average molecular weight is 225 g/mol. The van der Waals surface area contributed by atoms with Crippen LogP contribution in [0.1, 0.15) is 24.2 Å². The lowest BCUT2D eigenvalue weighted by Crippen LogP contribution is -2.47. The number of amides is 1. The van der Waals surface area contributed by atoms with Crippen LogP contribution in [-0.4, -0.2) is 35.1 Å². The van der Waals surface area contributed by atoms with E-state index < -0.39 is 11.4 Å². The Bertz CT molecular complexity index is 390. The van der Waals surface area contributed by atoms with E-state index in [-0.39, 0.29) is 18.1 Å². The van der Waals surface area contributed by atoms with Crippen LogP contribution in [0.2, 0.25) is 0 Å². The lowest BCUT2D eigenvalue weighted by molar-refractivity contribution is 0.0473. The quantitative estimate of drug-likeness (QED) is 0.850. The molecule has 1 amide bonds. The molecule has 0 aromatic heterocycles. The molecule has 0 fully saturated rings. The zero-order valence-corrected chi connectivity index (χ0v) is 9.70. The number of nitrogens with zero attached hydrogens (tertiary/aromatic N) is 1. The van der Waals surface area contributed by atoms with Gasteiger partial charge in [0.1, 0.15) is 5.82 Å². The van der Waals surface area contributed by atoms with E-state index in [4.69, 9.17) is 5.11 Å². The predicted molar refractivity (Wildman–Crippen MR) is 59.7 cm³/mol. The summed E-state index contributed by atoms with van der Waals surface area (Å²) in [6.45, 7) is 3.33. The van der Waals surface area contributed by atoms with Crippen LogP contribution in [-0.2, 0) is 0 Å². The Labute approximate surface area is 94.5 Å². The Morgan fingerprint density at radius 1 is 1.50 bits per heavy atom. The van der Waals surface area contributed by atoms with Crippen LogP contribution in [0.5, 0.6) is 0 Å². The first-order valence-electron chi connectivity index (χ1n) is 5.03. The molecule has 1 aromatic rings. The van der Waals surface area contributed by atoms with Gasteiger partial charge in [0, 0.05) is 12.6 Å². The summed E-state index contributed by atoms with van der Waals surface area (Å²) in [5.41, 5.74) is -0.382. The van der Waals surface area contributed by atoms with Gasteiger partial charge < -0.3 is 10.0 Å². The van der Waals surface area contributed by atoms with Gasteiger partial charge in [0.25, 0.3) is 5.91 Å². The van der Waals surface area contributed by atoms with E-state index in [2.05, 4.69) is 0 Å². The first-order valence-corrected chi connectivity index (χ1v) is 5.03. The highest BCUT2D eigenvalue weighted by Crippen LogP contribution is 2.15. The summed E-state index contributed by atoms with van der Waals surface area (Å²) in [5.74, 6) is -0.750. The second kappa shape index (κ2) is 4.61. The minimum absolute atomic E-state index is 0.148. The molecule has 0 radical (unpaired) electrons. The minimum atomic E-state index is -0.663. The molecule has 1 rings (SSSR count). The van der Waals surface area contributed by atoms with Crippen molar-refractivity contribution in [1.82, 2.24) is 4.90 Å². The van der Waals surface area contributed by atoms with Gasteiger partial charge in [0.2, 0.25) is 0 Å². The SMILES string of the molecule is CN(C(=O)c1cccc(F)c1)C(C)(C)CO. The number of rotatable bonds is 3. The molecule has 88 valence electrons. The van der Waals surface area contributed by atoms with Crippen LogP contribution in [0, 0.1) is 5.82 Å². The molecular formula is C12H16FNO2. The van der Waals surface area contributed by atoms with Crippen LogP contribution in [0.4, 0.5) is 4.39 Å². The third kappa shape index (κ3) is 2.58. The van der Waals surface area contributed by atoms with Crippen molar-refractivity contribution in [2.75, 3.05) is 13.7 Å². The number of carbonyl (C=O) groups excluding carboxylic acids is 1. The Kier molecular flexibility index (Phi) is 3.65. The van der Waals surface area contributed by atoms with E-state index in [0.717, 1.165) is 0 Å². The van der Waals surface area contributed by atoms with Gasteiger partial charge in [-0.05, 0) is 32.0 Å². The molecule has 1 N–H and O–H groups in total. The molecule has 0 heterocycles. The number of aliphatic hydroxyl groups excluding tert-OH is 1. The molecule has 0 saturated carbocycles. The van der Waals surface area contributed by atoms with Crippen molar-refractivity contribution >= 4 is 5.91 Å². The van der Waals surface area contributed by atoms with Gasteiger partial charge in [0.15, 0.2) is 0 Å². The number of hydrogen-bond acceptors (Lipinski definition) is 2. The zero-order chi connectivity index (χ0) is 12.3. The molecule has 0 atom stereocenters. The summed E-state index contributed by atoms with van der Waals surface area (Å²) >= 11 is 0. The molecule has 3 nitrogen and oxygen atoms in total. The molecule has 0 aliphatic carbocycles. The van der Waals surface area contributed by atoms with Gasteiger partial charge in [-0.3, -0.25) is 4.79 Å². The number of carbonyl (C=O) groups is 1. The maximum absolute atomic E-state index is 12.9. The van der Waals surface area contributed by atoms with Gasteiger partial charge in [-0.1, -0.05) is 6.07 Å². The highest BCUT2D eigenvalue weighted by molar-refractivity contribution is 5.94. The number of likely N-dealkylation sites (N-methyl/N-ethyl adjacent to an activating group) is 1. The van der Waals surface area contributed by atoms with E-state index in [9.17, 15) is 9.18 Å². The Morgan fingerprint density at radius 3 is 2.62 bits per heavy atom. The largest absolute Gasteiger partial charge is 0.394 e. The number of aliphatic hydroxyl groups is 1. The number of benzene rings is 1. The highest BCUT2D eigenvalue weighted by Gasteiger charge is 2.27. The van der Waals surface area contributed by atoms with Crippen LogP contribution < -0.4 is 0 Å². The molecule has 4 heteroatoms. The van der Waals surface area contributed by atoms with Crippen molar-refractivity contribution in [2.24, 2.45) is 0 Å². The fraction of sp³-hybridized carbons (Fsp3) is 0.417. The Morgan fingerprint density at radius 2 is 2.12 bits per heavy atom. The second-order valence-corrected chi connectivity index (χ2v) is 4.35. The van der Waals surface area contributed by atoms with Gasteiger partial charge in [-0.15, -0.1) is 0 Å². The van der Waals surface area contributed by atoms with Crippen LogP contribution >= 0.6 is 0 Å². The lowest BCUT2D eigenvalue weighted by atomic mass is 10.0. The van der Waals surface area contributed by atoms with Crippen molar-refractivity contribution in [3.8, 4) is 0 Å². The smallest absolute Gasteiger partial charge is 0.254 e. The average Bonchev–Trinajstić information content (AvgIpc) is 2.27. The molecule has 0 saturated heterocycles. The number of hydrogen-bond donors (Lipinski definition) is 1. The third-order valence-corrected chi connectivity index (χ3v) is 2.67. The summed E-state index contributed by atoms with van der Waals surface area (Å²) in [5, 5.41) is 9.15. The molecule has 0 spiro atoms. The topological polar surface area (TPSA) is 40.5 Å². The molecule has 0 bridgehead atoms. The first-order chi connectivity index (χ1) is 7.38. The van der Waals surface area contributed by atoms with Crippen molar-refractivity contribution in [3.05, 3.63) is 35.6 Å². The standard InChI is InChI=1S/C12H16FNO2/c1-12(2,8-15)14(3)11(16)9-5-4-6-10(13)7-9/h4-7,15H,8H2,1-3H3. The monoisotopic (exact) mass is 225 g/mol. The van der Waals surface area contributed by atoms with Crippen molar-refractivity contribution < 1.29 is 14.3 Å². The maximum Gasteiger partial charge on any atom is 0.254 e. The Hall–Kier alpha value is -1.42. The van der Waals surface area contributed by atoms with Gasteiger partial charge in [0.05, 0.1) is 12.1 Å².